The standard InChI is InChI=1S/C25H25ClFN3O4/c26-16-4-2-15(3-5-16)25(8-1-9-25)22(31)14-29-10-6-17(7-11-29)30-21-13-19(27)18(23(32)33)12-20(21)28-24(30)34/h2-5,12-13,17H,1,6-11,14H2,(H,28,34)(H,32,33). The minimum absolute atomic E-state index is 0.156. The van der Waals surface area contributed by atoms with Crippen LogP contribution < -0.4 is 5.69 Å². The van der Waals surface area contributed by atoms with Crippen LogP contribution in [-0.2, 0) is 10.2 Å². The summed E-state index contributed by atoms with van der Waals surface area (Å²) in [6, 6.07) is 9.67. The molecular weight excluding hydrogens is 461 g/mol. The molecule has 2 aliphatic rings. The maximum absolute atomic E-state index is 14.3. The molecule has 0 unspecified atom stereocenters. The Morgan fingerprint density at radius 3 is 2.41 bits per heavy atom. The van der Waals surface area contributed by atoms with E-state index in [-0.39, 0.29) is 17.5 Å². The summed E-state index contributed by atoms with van der Waals surface area (Å²) in [5.41, 5.74) is 0.391. The van der Waals surface area contributed by atoms with Crippen molar-refractivity contribution >= 4 is 34.4 Å². The summed E-state index contributed by atoms with van der Waals surface area (Å²) in [6.45, 7) is 1.64. The second-order valence-corrected chi connectivity index (χ2v) is 9.76. The van der Waals surface area contributed by atoms with Gasteiger partial charge in [0, 0.05) is 30.2 Å². The van der Waals surface area contributed by atoms with Crippen molar-refractivity contribution in [2.75, 3.05) is 19.6 Å². The smallest absolute Gasteiger partial charge is 0.338 e. The third-order valence-electron chi connectivity index (χ3n) is 7.46. The molecule has 0 radical (unpaired) electrons. The molecule has 178 valence electrons. The number of carbonyl (C=O) groups excluding carboxylic acids is 1. The third kappa shape index (κ3) is 3.84. The number of nitrogens with zero attached hydrogens (tertiary/aromatic N) is 2. The first kappa shape index (κ1) is 22.8. The van der Waals surface area contributed by atoms with Crippen molar-refractivity contribution in [3.63, 3.8) is 0 Å². The van der Waals surface area contributed by atoms with Crippen LogP contribution in [0, 0.1) is 5.82 Å². The molecule has 3 aromatic rings. The van der Waals surface area contributed by atoms with E-state index in [0.29, 0.717) is 48.5 Å². The second-order valence-electron chi connectivity index (χ2n) is 9.33. The van der Waals surface area contributed by atoms with Gasteiger partial charge in [-0.1, -0.05) is 30.2 Å². The van der Waals surface area contributed by atoms with Crippen LogP contribution in [0.15, 0.2) is 41.2 Å². The lowest BCUT2D eigenvalue weighted by molar-refractivity contribution is -0.129. The van der Waals surface area contributed by atoms with E-state index >= 15 is 0 Å². The summed E-state index contributed by atoms with van der Waals surface area (Å²) in [5, 5.41) is 9.79. The van der Waals surface area contributed by atoms with Crippen molar-refractivity contribution in [2.45, 2.75) is 43.6 Å². The highest BCUT2D eigenvalue weighted by molar-refractivity contribution is 6.30. The van der Waals surface area contributed by atoms with Gasteiger partial charge in [0.2, 0.25) is 0 Å². The van der Waals surface area contributed by atoms with E-state index in [2.05, 4.69) is 9.88 Å². The lowest BCUT2D eigenvalue weighted by atomic mass is 9.62. The summed E-state index contributed by atoms with van der Waals surface area (Å²) < 4.78 is 15.8. The molecule has 1 aliphatic carbocycles. The molecular formula is C25H25ClFN3O4. The number of rotatable bonds is 6. The number of carboxylic acids is 1. The molecule has 2 N–H and O–H groups in total. The minimum Gasteiger partial charge on any atom is -0.478 e. The summed E-state index contributed by atoms with van der Waals surface area (Å²) in [5.74, 6) is -2.04. The lowest BCUT2D eigenvalue weighted by Crippen LogP contribution is -2.49. The number of aromatic carboxylic acids is 1. The number of carbonyl (C=O) groups is 2. The van der Waals surface area contributed by atoms with Crippen LogP contribution in [-0.4, -0.2) is 50.9 Å². The molecule has 2 heterocycles. The number of hydrogen-bond acceptors (Lipinski definition) is 4. The summed E-state index contributed by atoms with van der Waals surface area (Å²) in [4.78, 5) is 41.9. The average molecular weight is 486 g/mol. The number of fused-ring (bicyclic) bond motifs is 1. The zero-order chi connectivity index (χ0) is 24.0. The number of halogens is 2. The van der Waals surface area contributed by atoms with E-state index < -0.39 is 22.8 Å². The van der Waals surface area contributed by atoms with Gasteiger partial charge in [-0.3, -0.25) is 14.3 Å². The predicted molar refractivity (Wildman–Crippen MR) is 126 cm³/mol. The van der Waals surface area contributed by atoms with Gasteiger partial charge < -0.3 is 10.1 Å². The van der Waals surface area contributed by atoms with Crippen molar-refractivity contribution in [3.05, 3.63) is 68.8 Å². The molecule has 7 nitrogen and oxygen atoms in total. The number of piperidine rings is 1. The van der Waals surface area contributed by atoms with E-state index in [1.54, 1.807) is 0 Å². The fourth-order valence-electron chi connectivity index (χ4n) is 5.39. The molecule has 1 saturated carbocycles. The molecule has 0 amide bonds. The van der Waals surface area contributed by atoms with Gasteiger partial charge >= 0.3 is 11.7 Å². The molecule has 1 aliphatic heterocycles. The van der Waals surface area contributed by atoms with Crippen LogP contribution >= 0.6 is 11.6 Å². The fraction of sp³-hybridized carbons (Fsp3) is 0.400. The first-order valence-electron chi connectivity index (χ1n) is 11.5. The Morgan fingerprint density at radius 1 is 1.15 bits per heavy atom. The van der Waals surface area contributed by atoms with Crippen molar-refractivity contribution in [2.24, 2.45) is 0 Å². The van der Waals surface area contributed by atoms with Gasteiger partial charge in [-0.25, -0.2) is 14.0 Å². The number of aromatic nitrogens is 2. The SMILES string of the molecule is O=C(O)c1cc2[nH]c(=O)n(C3CCN(CC(=O)C4(c5ccc(Cl)cc5)CCC4)CC3)c2cc1F. The molecule has 34 heavy (non-hydrogen) atoms. The molecule has 2 fully saturated rings. The number of H-pyrrole nitrogens is 1. The number of Topliss-reactive ketones (excluding diaryl/α,β-unsaturated/α-hetero) is 1. The summed E-state index contributed by atoms with van der Waals surface area (Å²) in [7, 11) is 0. The highest BCUT2D eigenvalue weighted by atomic mass is 35.5. The van der Waals surface area contributed by atoms with Gasteiger partial charge in [-0.15, -0.1) is 0 Å². The van der Waals surface area contributed by atoms with Crippen LogP contribution in [0.5, 0.6) is 0 Å². The number of benzene rings is 2. The predicted octanol–water partition coefficient (Wildman–Crippen LogP) is 4.15. The van der Waals surface area contributed by atoms with Gasteiger partial charge in [0.05, 0.1) is 28.6 Å². The van der Waals surface area contributed by atoms with Gasteiger partial charge in [0.1, 0.15) is 5.82 Å². The van der Waals surface area contributed by atoms with E-state index in [4.69, 9.17) is 16.7 Å². The van der Waals surface area contributed by atoms with Gasteiger partial charge in [-0.05, 0) is 49.4 Å². The topological polar surface area (TPSA) is 95.4 Å². The van der Waals surface area contributed by atoms with Crippen LogP contribution in [0.4, 0.5) is 4.39 Å². The van der Waals surface area contributed by atoms with Crippen molar-refractivity contribution in [1.29, 1.82) is 0 Å². The highest BCUT2D eigenvalue weighted by Gasteiger charge is 2.45. The number of imidazole rings is 1. The van der Waals surface area contributed by atoms with Crippen molar-refractivity contribution in [3.8, 4) is 0 Å². The lowest BCUT2D eigenvalue weighted by Gasteiger charge is -2.43. The second kappa shape index (κ2) is 8.67. The van der Waals surface area contributed by atoms with Crippen LogP contribution in [0.2, 0.25) is 5.02 Å². The Labute approximate surface area is 200 Å². The van der Waals surface area contributed by atoms with E-state index in [9.17, 15) is 18.8 Å². The number of aromatic amines is 1. The Balaban J connectivity index is 1.29. The molecule has 9 heteroatoms. The van der Waals surface area contributed by atoms with Gasteiger partial charge in [0.25, 0.3) is 0 Å². The monoisotopic (exact) mass is 485 g/mol. The molecule has 1 aromatic heterocycles. The van der Waals surface area contributed by atoms with Crippen LogP contribution in [0.25, 0.3) is 11.0 Å². The highest BCUT2D eigenvalue weighted by Crippen LogP contribution is 2.45. The molecule has 0 atom stereocenters. The Hall–Kier alpha value is -2.97. The Morgan fingerprint density at radius 2 is 1.82 bits per heavy atom. The van der Waals surface area contributed by atoms with Gasteiger partial charge in [-0.2, -0.15) is 0 Å². The first-order valence-corrected chi connectivity index (χ1v) is 11.8. The molecule has 2 aromatic carbocycles. The van der Waals surface area contributed by atoms with Crippen LogP contribution in [0.1, 0.15) is 54.1 Å². The Kier molecular flexibility index (Phi) is 5.81. The van der Waals surface area contributed by atoms with E-state index in [0.717, 1.165) is 37.0 Å². The molecule has 5 rings (SSSR count). The fourth-order valence-corrected chi connectivity index (χ4v) is 5.52. The number of hydrogen-bond donors (Lipinski definition) is 2. The largest absolute Gasteiger partial charge is 0.478 e. The summed E-state index contributed by atoms with van der Waals surface area (Å²) >= 11 is 6.03. The van der Waals surface area contributed by atoms with Crippen LogP contribution in [0.3, 0.4) is 0 Å². The maximum Gasteiger partial charge on any atom is 0.338 e. The van der Waals surface area contributed by atoms with Crippen molar-refractivity contribution in [1.82, 2.24) is 14.5 Å². The third-order valence-corrected chi connectivity index (χ3v) is 7.71. The molecule has 1 saturated heterocycles. The number of ketones is 1. The normalized spacial score (nSPS) is 18.6. The van der Waals surface area contributed by atoms with Crippen molar-refractivity contribution < 1.29 is 19.1 Å². The number of nitrogens with one attached hydrogen (secondary N) is 1. The quantitative estimate of drug-likeness (QED) is 0.547. The average Bonchev–Trinajstić information content (AvgIpc) is 3.09. The zero-order valence-corrected chi connectivity index (χ0v) is 19.3. The number of carboxylic acid groups (broad SMARTS) is 1. The number of likely N-dealkylation sites (tertiary alicyclic amines) is 1. The van der Waals surface area contributed by atoms with E-state index in [1.807, 2.05) is 24.3 Å². The van der Waals surface area contributed by atoms with Gasteiger partial charge in [0.15, 0.2) is 5.78 Å². The van der Waals surface area contributed by atoms with E-state index in [1.165, 1.54) is 4.57 Å². The summed E-state index contributed by atoms with van der Waals surface area (Å²) in [6.07, 6.45) is 3.99. The molecule has 0 bridgehead atoms. The zero-order valence-electron chi connectivity index (χ0n) is 18.5. The molecule has 0 spiro atoms. The first-order chi connectivity index (χ1) is 16.3. The minimum atomic E-state index is -1.38. The maximum atomic E-state index is 14.3. The Bertz CT molecular complexity index is 1320.